The summed E-state index contributed by atoms with van der Waals surface area (Å²) in [6.07, 6.45) is 2.05. The minimum Gasteiger partial charge on any atom is -0.496 e. The number of Topliss-reactive ketones (excluding diaryl/α,β-unsaturated/α-hetero) is 1. The summed E-state index contributed by atoms with van der Waals surface area (Å²) in [6.45, 7) is 4.00. The SMILES string of the molecule is COc1ccc(C(=O)C2(C)CC2)cc1C. The van der Waals surface area contributed by atoms with Gasteiger partial charge < -0.3 is 4.74 Å². The van der Waals surface area contributed by atoms with Crippen LogP contribution in [0.4, 0.5) is 0 Å². The van der Waals surface area contributed by atoms with E-state index in [1.165, 1.54) is 0 Å². The monoisotopic (exact) mass is 204 g/mol. The lowest BCUT2D eigenvalue weighted by Gasteiger charge is -2.10. The van der Waals surface area contributed by atoms with Gasteiger partial charge in [0.05, 0.1) is 7.11 Å². The minimum absolute atomic E-state index is 0.0823. The van der Waals surface area contributed by atoms with E-state index in [2.05, 4.69) is 0 Å². The zero-order valence-corrected chi connectivity index (χ0v) is 9.46. The molecule has 2 rings (SSSR count). The molecular weight excluding hydrogens is 188 g/mol. The lowest BCUT2D eigenvalue weighted by Crippen LogP contribution is -2.12. The van der Waals surface area contributed by atoms with E-state index in [1.54, 1.807) is 7.11 Å². The summed E-state index contributed by atoms with van der Waals surface area (Å²) in [5, 5.41) is 0. The van der Waals surface area contributed by atoms with Crippen molar-refractivity contribution in [3.8, 4) is 5.75 Å². The van der Waals surface area contributed by atoms with Crippen LogP contribution >= 0.6 is 0 Å². The quantitative estimate of drug-likeness (QED) is 0.707. The van der Waals surface area contributed by atoms with Crippen molar-refractivity contribution in [2.75, 3.05) is 7.11 Å². The van der Waals surface area contributed by atoms with Crippen molar-refractivity contribution in [2.24, 2.45) is 5.41 Å². The van der Waals surface area contributed by atoms with Gasteiger partial charge in [0.2, 0.25) is 0 Å². The van der Waals surface area contributed by atoms with Gasteiger partial charge in [0.25, 0.3) is 0 Å². The molecule has 15 heavy (non-hydrogen) atoms. The van der Waals surface area contributed by atoms with E-state index in [4.69, 9.17) is 4.74 Å². The Hall–Kier alpha value is -1.31. The average molecular weight is 204 g/mol. The molecule has 0 bridgehead atoms. The normalized spacial score (nSPS) is 17.3. The van der Waals surface area contributed by atoms with Gasteiger partial charge >= 0.3 is 0 Å². The van der Waals surface area contributed by atoms with E-state index in [0.29, 0.717) is 0 Å². The van der Waals surface area contributed by atoms with E-state index in [9.17, 15) is 4.79 Å². The molecule has 0 amide bonds. The van der Waals surface area contributed by atoms with E-state index >= 15 is 0 Å². The molecule has 1 aliphatic carbocycles. The summed E-state index contributed by atoms with van der Waals surface area (Å²) in [5.41, 5.74) is 1.75. The summed E-state index contributed by atoms with van der Waals surface area (Å²) in [6, 6.07) is 5.65. The Kier molecular flexibility index (Phi) is 2.29. The first-order valence-corrected chi connectivity index (χ1v) is 5.26. The maximum absolute atomic E-state index is 12.0. The molecule has 0 N–H and O–H groups in total. The van der Waals surface area contributed by atoms with Gasteiger partial charge in [0.15, 0.2) is 5.78 Å². The Morgan fingerprint density at radius 2 is 2.07 bits per heavy atom. The van der Waals surface area contributed by atoms with Gasteiger partial charge in [-0.2, -0.15) is 0 Å². The van der Waals surface area contributed by atoms with E-state index in [-0.39, 0.29) is 11.2 Å². The highest BCUT2D eigenvalue weighted by atomic mass is 16.5. The molecule has 1 saturated carbocycles. The van der Waals surface area contributed by atoms with Crippen LogP contribution in [0.5, 0.6) is 5.75 Å². The highest BCUT2D eigenvalue weighted by Crippen LogP contribution is 2.47. The summed E-state index contributed by atoms with van der Waals surface area (Å²) in [5.74, 6) is 1.11. The number of benzene rings is 1. The summed E-state index contributed by atoms with van der Waals surface area (Å²) in [4.78, 5) is 12.0. The zero-order valence-electron chi connectivity index (χ0n) is 9.46. The van der Waals surface area contributed by atoms with Gasteiger partial charge in [-0.05, 0) is 43.5 Å². The Morgan fingerprint density at radius 3 is 2.53 bits per heavy atom. The second-order valence-corrected chi connectivity index (χ2v) is 4.57. The average Bonchev–Trinajstić information content (AvgIpc) is 2.96. The number of carbonyl (C=O) groups is 1. The Labute approximate surface area is 90.3 Å². The van der Waals surface area contributed by atoms with Crippen molar-refractivity contribution in [2.45, 2.75) is 26.7 Å². The van der Waals surface area contributed by atoms with Crippen molar-refractivity contribution in [1.82, 2.24) is 0 Å². The van der Waals surface area contributed by atoms with Crippen LogP contribution in [-0.4, -0.2) is 12.9 Å². The number of ether oxygens (including phenoxy) is 1. The molecule has 1 aliphatic rings. The lowest BCUT2D eigenvalue weighted by atomic mass is 9.95. The fraction of sp³-hybridized carbons (Fsp3) is 0.462. The molecule has 1 fully saturated rings. The maximum Gasteiger partial charge on any atom is 0.168 e. The third-order valence-corrected chi connectivity index (χ3v) is 3.21. The van der Waals surface area contributed by atoms with Crippen LogP contribution in [0.1, 0.15) is 35.7 Å². The molecule has 0 radical (unpaired) electrons. The molecule has 0 atom stereocenters. The number of rotatable bonds is 3. The third kappa shape index (κ3) is 1.76. The second-order valence-electron chi connectivity index (χ2n) is 4.57. The van der Waals surface area contributed by atoms with Gasteiger partial charge in [0, 0.05) is 11.0 Å². The topological polar surface area (TPSA) is 26.3 Å². The molecule has 2 heteroatoms. The second kappa shape index (κ2) is 3.37. The number of hydrogen-bond donors (Lipinski definition) is 0. The summed E-state index contributed by atoms with van der Waals surface area (Å²) in [7, 11) is 1.64. The number of aryl methyl sites for hydroxylation is 1. The van der Waals surface area contributed by atoms with Crippen LogP contribution < -0.4 is 4.74 Å². The van der Waals surface area contributed by atoms with Crippen LogP contribution in [-0.2, 0) is 0 Å². The summed E-state index contributed by atoms with van der Waals surface area (Å²) < 4.78 is 5.17. The fourth-order valence-corrected chi connectivity index (χ4v) is 1.78. The molecular formula is C13H16O2. The molecule has 80 valence electrons. The van der Waals surface area contributed by atoms with E-state index in [1.807, 2.05) is 32.0 Å². The van der Waals surface area contributed by atoms with Gasteiger partial charge in [-0.25, -0.2) is 0 Å². The van der Waals surface area contributed by atoms with Crippen LogP contribution in [0.15, 0.2) is 18.2 Å². The van der Waals surface area contributed by atoms with Crippen molar-refractivity contribution in [3.05, 3.63) is 29.3 Å². The molecule has 2 nitrogen and oxygen atoms in total. The number of carbonyl (C=O) groups excluding carboxylic acids is 1. The highest BCUT2D eigenvalue weighted by Gasteiger charge is 2.44. The maximum atomic E-state index is 12.0. The standard InChI is InChI=1S/C13H16O2/c1-9-8-10(4-5-11(9)15-3)12(14)13(2)6-7-13/h4-5,8H,6-7H2,1-3H3. The molecule has 0 saturated heterocycles. The Bertz CT molecular complexity index is 403. The van der Waals surface area contributed by atoms with Gasteiger partial charge in [0.1, 0.15) is 5.75 Å². The molecule has 0 aliphatic heterocycles. The Balaban J connectivity index is 2.30. The van der Waals surface area contributed by atoms with Crippen LogP contribution in [0, 0.1) is 12.3 Å². The van der Waals surface area contributed by atoms with Crippen molar-refractivity contribution >= 4 is 5.78 Å². The summed E-state index contributed by atoms with van der Waals surface area (Å²) >= 11 is 0. The predicted octanol–water partition coefficient (Wildman–Crippen LogP) is 2.99. The molecule has 0 unspecified atom stereocenters. The largest absolute Gasteiger partial charge is 0.496 e. The molecule has 0 spiro atoms. The first kappa shape index (κ1) is 10.2. The van der Waals surface area contributed by atoms with E-state index < -0.39 is 0 Å². The third-order valence-electron chi connectivity index (χ3n) is 3.21. The molecule has 1 aromatic carbocycles. The number of methoxy groups -OCH3 is 1. The molecule has 1 aromatic rings. The van der Waals surface area contributed by atoms with Crippen molar-refractivity contribution in [1.29, 1.82) is 0 Å². The molecule has 0 aromatic heterocycles. The van der Waals surface area contributed by atoms with Crippen LogP contribution in [0.25, 0.3) is 0 Å². The van der Waals surface area contributed by atoms with Crippen LogP contribution in [0.3, 0.4) is 0 Å². The highest BCUT2D eigenvalue weighted by molar-refractivity contribution is 6.02. The first-order chi connectivity index (χ1) is 7.07. The van der Waals surface area contributed by atoms with Crippen molar-refractivity contribution < 1.29 is 9.53 Å². The number of hydrogen-bond acceptors (Lipinski definition) is 2. The fourth-order valence-electron chi connectivity index (χ4n) is 1.78. The minimum atomic E-state index is -0.0823. The van der Waals surface area contributed by atoms with Crippen LogP contribution in [0.2, 0.25) is 0 Å². The van der Waals surface area contributed by atoms with Gasteiger partial charge in [-0.3, -0.25) is 4.79 Å². The van der Waals surface area contributed by atoms with E-state index in [0.717, 1.165) is 29.7 Å². The zero-order chi connectivity index (χ0) is 11.1. The number of ketones is 1. The smallest absolute Gasteiger partial charge is 0.168 e. The Morgan fingerprint density at radius 1 is 1.40 bits per heavy atom. The predicted molar refractivity (Wildman–Crippen MR) is 59.4 cm³/mol. The molecule has 0 heterocycles. The van der Waals surface area contributed by atoms with Gasteiger partial charge in [-0.15, -0.1) is 0 Å². The van der Waals surface area contributed by atoms with Gasteiger partial charge in [-0.1, -0.05) is 6.92 Å². The first-order valence-electron chi connectivity index (χ1n) is 5.26. The lowest BCUT2D eigenvalue weighted by molar-refractivity contribution is 0.0912. The van der Waals surface area contributed by atoms with Crippen molar-refractivity contribution in [3.63, 3.8) is 0 Å².